The first kappa shape index (κ1) is 22.0. The van der Waals surface area contributed by atoms with Gasteiger partial charge < -0.3 is 9.47 Å². The van der Waals surface area contributed by atoms with E-state index in [1.807, 2.05) is 27.7 Å². The molecule has 168 valence electrons. The van der Waals surface area contributed by atoms with Crippen LogP contribution in [0.4, 0.5) is 0 Å². The van der Waals surface area contributed by atoms with E-state index in [2.05, 4.69) is 4.99 Å². The molecule has 2 fully saturated rings. The van der Waals surface area contributed by atoms with Crippen LogP contribution in [0.3, 0.4) is 0 Å². The smallest absolute Gasteiger partial charge is 0.332 e. The molecule has 2 aromatic rings. The summed E-state index contributed by atoms with van der Waals surface area (Å²) in [7, 11) is 0. The van der Waals surface area contributed by atoms with Crippen molar-refractivity contribution in [3.63, 3.8) is 0 Å². The molecule has 0 amide bonds. The summed E-state index contributed by atoms with van der Waals surface area (Å²) in [5.74, 6) is -0.408. The molecule has 1 atom stereocenters. The highest BCUT2D eigenvalue weighted by Gasteiger charge is 2.31. The van der Waals surface area contributed by atoms with Gasteiger partial charge in [-0.1, -0.05) is 0 Å². The van der Waals surface area contributed by atoms with Crippen molar-refractivity contribution in [2.75, 3.05) is 13.2 Å². The molecule has 31 heavy (non-hydrogen) atoms. The number of ether oxygens (including phenoxy) is 2. The van der Waals surface area contributed by atoms with E-state index in [-0.39, 0.29) is 29.9 Å². The maximum absolute atomic E-state index is 13.2. The molecule has 2 aliphatic rings. The lowest BCUT2D eigenvalue weighted by atomic mass is 10.2. The van der Waals surface area contributed by atoms with Crippen molar-refractivity contribution in [1.29, 1.82) is 0 Å². The van der Waals surface area contributed by atoms with Crippen molar-refractivity contribution >= 4 is 33.7 Å². The first-order chi connectivity index (χ1) is 14.7. The fraction of sp³-hybridized carbons (Fsp3) is 0.636. The second kappa shape index (κ2) is 8.35. The summed E-state index contributed by atoms with van der Waals surface area (Å²) in [6.07, 6.45) is 5.19. The number of carbonyl (C=O) groups excluding carboxylic acids is 1. The molecule has 3 heterocycles. The van der Waals surface area contributed by atoms with Gasteiger partial charge in [0.25, 0.3) is 5.56 Å². The highest BCUT2D eigenvalue weighted by Crippen LogP contribution is 2.34. The summed E-state index contributed by atoms with van der Waals surface area (Å²) in [5, 5.41) is 0.563. The minimum absolute atomic E-state index is 0.0104. The van der Waals surface area contributed by atoms with Gasteiger partial charge in [-0.2, -0.15) is 0 Å². The van der Waals surface area contributed by atoms with E-state index < -0.39 is 11.6 Å². The van der Waals surface area contributed by atoms with E-state index in [9.17, 15) is 14.4 Å². The van der Waals surface area contributed by atoms with Crippen LogP contribution < -0.4 is 11.2 Å². The van der Waals surface area contributed by atoms with Gasteiger partial charge in [0.15, 0.2) is 0 Å². The first-order valence-electron chi connectivity index (χ1n) is 10.8. The van der Waals surface area contributed by atoms with Crippen LogP contribution in [0.15, 0.2) is 14.6 Å². The minimum atomic E-state index is -0.563. The Bertz CT molecular complexity index is 1140. The van der Waals surface area contributed by atoms with Gasteiger partial charge in [-0.15, -0.1) is 11.3 Å². The Morgan fingerprint density at radius 1 is 1.29 bits per heavy atom. The Morgan fingerprint density at radius 3 is 2.65 bits per heavy atom. The van der Waals surface area contributed by atoms with Crippen LogP contribution in [0.1, 0.15) is 62.9 Å². The maximum atomic E-state index is 13.2. The number of esters is 1. The van der Waals surface area contributed by atoms with E-state index in [4.69, 9.17) is 9.47 Å². The van der Waals surface area contributed by atoms with Crippen LogP contribution in [-0.4, -0.2) is 46.2 Å². The monoisotopic (exact) mass is 447 g/mol. The number of hydrogen-bond acceptors (Lipinski definition) is 7. The van der Waals surface area contributed by atoms with Gasteiger partial charge >= 0.3 is 11.7 Å². The molecule has 1 saturated heterocycles. The van der Waals surface area contributed by atoms with Crippen LogP contribution in [-0.2, 0) is 20.8 Å². The number of aliphatic imine (C=N–C) groups is 1. The third-order valence-electron chi connectivity index (χ3n) is 5.45. The number of fused-ring (bicyclic) bond motifs is 1. The SMILES string of the molecule is Cc1c(C=NCC(=O)OC(C)(C)C)sc2c1c(=O)n(C1CC1)c(=O)n2CC1CCCO1. The minimum Gasteiger partial charge on any atom is -0.459 e. The molecular weight excluding hydrogens is 418 g/mol. The molecule has 1 aliphatic carbocycles. The highest BCUT2D eigenvalue weighted by atomic mass is 32.1. The van der Waals surface area contributed by atoms with Gasteiger partial charge in [-0.25, -0.2) is 4.79 Å². The van der Waals surface area contributed by atoms with E-state index in [1.54, 1.807) is 10.8 Å². The number of aromatic nitrogens is 2. The predicted molar refractivity (Wildman–Crippen MR) is 121 cm³/mol. The van der Waals surface area contributed by atoms with Crippen molar-refractivity contribution in [2.45, 2.75) is 77.7 Å². The Kier molecular flexibility index (Phi) is 5.91. The summed E-state index contributed by atoms with van der Waals surface area (Å²) in [4.78, 5) is 44.0. The average Bonchev–Trinajstić information content (AvgIpc) is 3.25. The quantitative estimate of drug-likeness (QED) is 0.502. The third kappa shape index (κ3) is 4.67. The largest absolute Gasteiger partial charge is 0.459 e. The van der Waals surface area contributed by atoms with Gasteiger partial charge in [0.05, 0.1) is 22.9 Å². The highest BCUT2D eigenvalue weighted by molar-refractivity contribution is 7.20. The second-order valence-corrected chi connectivity index (χ2v) is 10.3. The molecule has 4 rings (SSSR count). The molecule has 8 nitrogen and oxygen atoms in total. The lowest BCUT2D eigenvalue weighted by Gasteiger charge is -2.18. The number of rotatable bonds is 6. The van der Waals surface area contributed by atoms with Crippen LogP contribution in [0.2, 0.25) is 0 Å². The number of nitrogens with zero attached hydrogens (tertiary/aromatic N) is 3. The number of carbonyl (C=O) groups is 1. The number of hydrogen-bond donors (Lipinski definition) is 0. The molecule has 0 spiro atoms. The molecule has 0 N–H and O–H groups in total. The normalized spacial score (nSPS) is 19.5. The van der Waals surface area contributed by atoms with E-state index in [0.29, 0.717) is 23.4 Å². The molecule has 2 aromatic heterocycles. The molecule has 1 aliphatic heterocycles. The number of aryl methyl sites for hydroxylation is 1. The Morgan fingerprint density at radius 2 is 2.03 bits per heavy atom. The van der Waals surface area contributed by atoms with E-state index >= 15 is 0 Å². The fourth-order valence-corrected chi connectivity index (χ4v) is 5.09. The maximum Gasteiger partial charge on any atom is 0.332 e. The van der Waals surface area contributed by atoms with Crippen LogP contribution in [0.25, 0.3) is 10.2 Å². The van der Waals surface area contributed by atoms with Gasteiger partial charge in [-0.05, 0) is 58.9 Å². The van der Waals surface area contributed by atoms with Crippen LogP contribution >= 0.6 is 11.3 Å². The topological polar surface area (TPSA) is 91.9 Å². The van der Waals surface area contributed by atoms with Gasteiger partial charge in [0.1, 0.15) is 17.0 Å². The first-order valence-corrected chi connectivity index (χ1v) is 11.6. The molecule has 0 bridgehead atoms. The molecule has 1 saturated carbocycles. The van der Waals surface area contributed by atoms with E-state index in [0.717, 1.165) is 36.1 Å². The van der Waals surface area contributed by atoms with Crippen molar-refractivity contribution in [1.82, 2.24) is 9.13 Å². The number of thiophene rings is 1. The Labute approximate surface area is 184 Å². The van der Waals surface area contributed by atoms with Crippen LogP contribution in [0, 0.1) is 6.92 Å². The van der Waals surface area contributed by atoms with Crippen molar-refractivity contribution in [3.8, 4) is 0 Å². The third-order valence-corrected chi connectivity index (χ3v) is 6.70. The fourth-order valence-electron chi connectivity index (χ4n) is 3.89. The standard InChI is InChI=1S/C22H29N3O5S/c1-13-16(10-23-11-17(26)30-22(2,3)4)31-20-18(13)19(27)25(14-7-8-14)21(28)24(20)12-15-6-5-9-29-15/h10,14-15H,5-9,11-12H2,1-4H3. The lowest BCUT2D eigenvalue weighted by molar-refractivity contribution is -0.152. The zero-order chi connectivity index (χ0) is 22.3. The zero-order valence-corrected chi connectivity index (χ0v) is 19.3. The van der Waals surface area contributed by atoms with Gasteiger partial charge in [-0.3, -0.25) is 23.7 Å². The average molecular weight is 448 g/mol. The van der Waals surface area contributed by atoms with Crippen LogP contribution in [0.5, 0.6) is 0 Å². The molecule has 0 radical (unpaired) electrons. The van der Waals surface area contributed by atoms with Crippen molar-refractivity contribution < 1.29 is 14.3 Å². The Balaban J connectivity index is 1.72. The molecular formula is C22H29N3O5S. The van der Waals surface area contributed by atoms with Gasteiger partial charge in [0.2, 0.25) is 0 Å². The molecule has 0 aromatic carbocycles. The summed E-state index contributed by atoms with van der Waals surface area (Å²) < 4.78 is 14.2. The Hall–Kier alpha value is -2.26. The molecule has 9 heteroatoms. The van der Waals surface area contributed by atoms with Gasteiger partial charge in [0, 0.05) is 18.9 Å². The second-order valence-electron chi connectivity index (χ2n) is 9.26. The van der Waals surface area contributed by atoms with Crippen molar-refractivity contribution in [3.05, 3.63) is 31.3 Å². The lowest BCUT2D eigenvalue weighted by Crippen LogP contribution is -2.40. The predicted octanol–water partition coefficient (Wildman–Crippen LogP) is 2.81. The summed E-state index contributed by atoms with van der Waals surface area (Å²) in [6.45, 7) is 8.34. The zero-order valence-electron chi connectivity index (χ0n) is 18.5. The summed E-state index contributed by atoms with van der Waals surface area (Å²) in [6, 6.07) is -0.0104. The van der Waals surface area contributed by atoms with Crippen molar-refractivity contribution in [2.24, 2.45) is 4.99 Å². The molecule has 1 unspecified atom stereocenters. The van der Waals surface area contributed by atoms with E-state index in [1.165, 1.54) is 15.9 Å². The summed E-state index contributed by atoms with van der Waals surface area (Å²) in [5.41, 5.74) is -0.263. The summed E-state index contributed by atoms with van der Waals surface area (Å²) >= 11 is 1.36.